The predicted molar refractivity (Wildman–Crippen MR) is 109 cm³/mol. The van der Waals surface area contributed by atoms with Crippen LogP contribution >= 0.6 is 0 Å². The molecule has 0 saturated carbocycles. The normalized spacial score (nSPS) is 10.5. The van der Waals surface area contributed by atoms with Crippen molar-refractivity contribution in [3.05, 3.63) is 29.8 Å². The Morgan fingerprint density at radius 2 is 1.28 bits per heavy atom. The molecule has 7 nitrogen and oxygen atoms in total. The molecule has 0 unspecified atom stereocenters. The first-order valence-corrected chi connectivity index (χ1v) is 9.87. The van der Waals surface area contributed by atoms with Crippen LogP contribution in [0.3, 0.4) is 0 Å². The molecular weight excluding hydrogens is 376 g/mol. The van der Waals surface area contributed by atoms with E-state index in [1.807, 2.05) is 26.8 Å². The molecule has 0 fully saturated rings. The summed E-state index contributed by atoms with van der Waals surface area (Å²) in [6, 6.07) is 7.17. The van der Waals surface area contributed by atoms with Crippen molar-refractivity contribution < 1.29 is 33.3 Å². The van der Waals surface area contributed by atoms with Gasteiger partial charge < -0.3 is 23.7 Å². The Morgan fingerprint density at radius 3 is 1.76 bits per heavy atom. The first-order chi connectivity index (χ1) is 14.1. The number of hydrogen-bond donors (Lipinski definition) is 0. The molecular formula is C22H28O7. The molecule has 0 N–H and O–H groups in total. The fourth-order valence-corrected chi connectivity index (χ4v) is 2.91. The van der Waals surface area contributed by atoms with Crippen molar-refractivity contribution in [3.8, 4) is 17.2 Å². The van der Waals surface area contributed by atoms with Gasteiger partial charge in [-0.05, 0) is 19.3 Å². The van der Waals surface area contributed by atoms with Gasteiger partial charge in [0.25, 0.3) is 0 Å². The van der Waals surface area contributed by atoms with Gasteiger partial charge in [-0.25, -0.2) is 9.59 Å². The van der Waals surface area contributed by atoms with Gasteiger partial charge in [0.05, 0.1) is 20.3 Å². The fourth-order valence-electron chi connectivity index (χ4n) is 2.91. The summed E-state index contributed by atoms with van der Waals surface area (Å²) in [5, 5.41) is 1.18. The van der Waals surface area contributed by atoms with Crippen LogP contribution in [-0.2, 0) is 15.9 Å². The summed E-state index contributed by atoms with van der Waals surface area (Å²) in [7, 11) is 1.48. The molecule has 2 aromatic carbocycles. The number of rotatable bonds is 9. The lowest BCUT2D eigenvalue weighted by molar-refractivity contribution is 0.0964. The van der Waals surface area contributed by atoms with Crippen molar-refractivity contribution in [3.63, 3.8) is 0 Å². The van der Waals surface area contributed by atoms with Crippen molar-refractivity contribution in [2.45, 2.75) is 46.5 Å². The average molecular weight is 404 g/mol. The van der Waals surface area contributed by atoms with Crippen molar-refractivity contribution >= 4 is 23.1 Å². The van der Waals surface area contributed by atoms with Crippen LogP contribution < -0.4 is 14.2 Å². The standard InChI is InChI=1S/C22H28O7/c1-5-10-17-18(28-21(23)26-13-6-2)15-11-8-9-12-16(15)20(19(17)25-4)29-22(24)27-14-7-3/h8-9,11-12H,5-7,10,13-14H2,1-4H3. The number of ether oxygens (including phenoxy) is 5. The smallest absolute Gasteiger partial charge is 0.492 e. The molecule has 0 spiro atoms. The Hall–Kier alpha value is -2.96. The van der Waals surface area contributed by atoms with Gasteiger partial charge in [-0.3, -0.25) is 0 Å². The molecule has 158 valence electrons. The van der Waals surface area contributed by atoms with Crippen molar-refractivity contribution in [2.75, 3.05) is 20.3 Å². The third-order valence-corrected chi connectivity index (χ3v) is 4.09. The quantitative estimate of drug-likeness (QED) is 0.394. The lowest BCUT2D eigenvalue weighted by atomic mass is 9.99. The van der Waals surface area contributed by atoms with E-state index in [1.54, 1.807) is 18.2 Å². The molecule has 2 rings (SSSR count). The van der Waals surface area contributed by atoms with E-state index >= 15 is 0 Å². The highest BCUT2D eigenvalue weighted by Crippen LogP contribution is 2.46. The average Bonchev–Trinajstić information content (AvgIpc) is 2.73. The summed E-state index contributed by atoms with van der Waals surface area (Å²) in [5.41, 5.74) is 0.625. The minimum absolute atomic E-state index is 0.238. The van der Waals surface area contributed by atoms with E-state index in [1.165, 1.54) is 7.11 Å². The first-order valence-electron chi connectivity index (χ1n) is 9.87. The summed E-state index contributed by atoms with van der Waals surface area (Å²) in [5.74, 6) is 0.911. The Bertz CT molecular complexity index is 845. The fraction of sp³-hybridized carbons (Fsp3) is 0.455. The van der Waals surface area contributed by atoms with Crippen molar-refractivity contribution in [2.24, 2.45) is 0 Å². The highest BCUT2D eigenvalue weighted by molar-refractivity contribution is 5.99. The zero-order valence-electron chi connectivity index (χ0n) is 17.4. The maximum Gasteiger partial charge on any atom is 0.513 e. The number of methoxy groups -OCH3 is 1. The Labute approximate surface area is 170 Å². The topological polar surface area (TPSA) is 80.3 Å². The van der Waals surface area contributed by atoms with Crippen LogP contribution in [0.25, 0.3) is 10.8 Å². The SMILES string of the molecule is CCCOC(=O)Oc1c(CCC)c(OC)c(OC(=O)OCCC)c2ccccc12. The van der Waals surface area contributed by atoms with E-state index in [0.29, 0.717) is 47.1 Å². The molecule has 0 aliphatic carbocycles. The van der Waals surface area contributed by atoms with E-state index in [0.717, 1.165) is 6.42 Å². The number of benzene rings is 2. The highest BCUT2D eigenvalue weighted by atomic mass is 16.7. The Balaban J connectivity index is 2.61. The van der Waals surface area contributed by atoms with Crippen LogP contribution in [0, 0.1) is 0 Å². The van der Waals surface area contributed by atoms with Gasteiger partial charge >= 0.3 is 12.3 Å². The third kappa shape index (κ3) is 5.53. The second kappa shape index (κ2) is 11.1. The summed E-state index contributed by atoms with van der Waals surface area (Å²) >= 11 is 0. The van der Waals surface area contributed by atoms with Gasteiger partial charge in [0.2, 0.25) is 0 Å². The number of carbonyl (C=O) groups excluding carboxylic acids is 2. The van der Waals surface area contributed by atoms with Gasteiger partial charge in [0.1, 0.15) is 5.75 Å². The van der Waals surface area contributed by atoms with E-state index in [-0.39, 0.29) is 19.0 Å². The number of hydrogen-bond acceptors (Lipinski definition) is 7. The molecule has 7 heteroatoms. The molecule has 0 saturated heterocycles. The summed E-state index contributed by atoms with van der Waals surface area (Å²) in [6.45, 7) is 6.31. The maximum atomic E-state index is 12.2. The van der Waals surface area contributed by atoms with Crippen molar-refractivity contribution in [1.82, 2.24) is 0 Å². The second-order valence-corrected chi connectivity index (χ2v) is 6.37. The molecule has 29 heavy (non-hydrogen) atoms. The second-order valence-electron chi connectivity index (χ2n) is 6.37. The number of fused-ring (bicyclic) bond motifs is 1. The molecule has 0 atom stereocenters. The maximum absolute atomic E-state index is 12.2. The van der Waals surface area contributed by atoms with E-state index in [2.05, 4.69) is 0 Å². The molecule has 0 amide bonds. The minimum atomic E-state index is -0.811. The van der Waals surface area contributed by atoms with E-state index in [4.69, 9.17) is 23.7 Å². The van der Waals surface area contributed by atoms with Crippen LogP contribution in [-0.4, -0.2) is 32.6 Å². The molecule has 0 aliphatic rings. The van der Waals surface area contributed by atoms with Crippen LogP contribution in [0.15, 0.2) is 24.3 Å². The van der Waals surface area contributed by atoms with Crippen LogP contribution in [0.4, 0.5) is 9.59 Å². The summed E-state index contributed by atoms with van der Waals surface area (Å²) in [6.07, 6.45) is 1.08. The lowest BCUT2D eigenvalue weighted by Gasteiger charge is -2.20. The summed E-state index contributed by atoms with van der Waals surface area (Å²) < 4.78 is 26.8. The third-order valence-electron chi connectivity index (χ3n) is 4.09. The highest BCUT2D eigenvalue weighted by Gasteiger charge is 2.26. The molecule has 0 aromatic heterocycles. The molecule has 0 bridgehead atoms. The molecule has 0 aliphatic heterocycles. The van der Waals surface area contributed by atoms with Gasteiger partial charge in [-0.2, -0.15) is 0 Å². The zero-order chi connectivity index (χ0) is 21.2. The van der Waals surface area contributed by atoms with Gasteiger partial charge in [0.15, 0.2) is 11.5 Å². The summed E-state index contributed by atoms with van der Waals surface area (Å²) in [4.78, 5) is 24.3. The Kier molecular flexibility index (Phi) is 8.58. The largest absolute Gasteiger partial charge is 0.513 e. The zero-order valence-corrected chi connectivity index (χ0v) is 17.4. The molecule has 2 aromatic rings. The Morgan fingerprint density at radius 1 is 0.759 bits per heavy atom. The van der Waals surface area contributed by atoms with Crippen molar-refractivity contribution in [1.29, 1.82) is 0 Å². The van der Waals surface area contributed by atoms with E-state index < -0.39 is 12.3 Å². The lowest BCUT2D eigenvalue weighted by Crippen LogP contribution is -2.15. The molecule has 0 heterocycles. The van der Waals surface area contributed by atoms with Gasteiger partial charge in [0, 0.05) is 16.3 Å². The predicted octanol–water partition coefficient (Wildman–Crippen LogP) is 5.65. The van der Waals surface area contributed by atoms with Gasteiger partial charge in [-0.15, -0.1) is 0 Å². The first kappa shape index (κ1) is 22.3. The van der Waals surface area contributed by atoms with Crippen LogP contribution in [0.5, 0.6) is 17.2 Å². The van der Waals surface area contributed by atoms with Crippen LogP contribution in [0.2, 0.25) is 0 Å². The van der Waals surface area contributed by atoms with Crippen LogP contribution in [0.1, 0.15) is 45.6 Å². The minimum Gasteiger partial charge on any atom is -0.492 e. The van der Waals surface area contributed by atoms with E-state index in [9.17, 15) is 9.59 Å². The van der Waals surface area contributed by atoms with Gasteiger partial charge in [-0.1, -0.05) is 51.5 Å². The number of carbonyl (C=O) groups is 2. The molecule has 0 radical (unpaired) electrons. The monoisotopic (exact) mass is 404 g/mol.